The molecule has 8 heteroatoms. The Balaban J connectivity index is 1.71. The smallest absolute Gasteiger partial charge is 0.250 e. The summed E-state index contributed by atoms with van der Waals surface area (Å²) in [5.41, 5.74) is 0.614. The van der Waals surface area contributed by atoms with Gasteiger partial charge in [-0.05, 0) is 25.0 Å². The van der Waals surface area contributed by atoms with E-state index >= 15 is 0 Å². The molecule has 2 heterocycles. The lowest BCUT2D eigenvalue weighted by Gasteiger charge is -2.18. The van der Waals surface area contributed by atoms with Crippen molar-refractivity contribution >= 4 is 40.4 Å². The molecule has 0 saturated heterocycles. The second kappa shape index (κ2) is 7.19. The van der Waals surface area contributed by atoms with Gasteiger partial charge in [-0.15, -0.1) is 11.3 Å². The van der Waals surface area contributed by atoms with Crippen LogP contribution in [0.2, 0.25) is 5.02 Å². The van der Waals surface area contributed by atoms with E-state index in [4.69, 9.17) is 11.6 Å². The monoisotopic (exact) mass is 364 g/mol. The molecule has 0 spiro atoms. The average molecular weight is 365 g/mol. The average Bonchev–Trinajstić information content (AvgIpc) is 3.07. The van der Waals surface area contributed by atoms with Crippen LogP contribution in [0.1, 0.15) is 17.7 Å². The number of hydrogen-bond donors (Lipinski definition) is 1. The van der Waals surface area contributed by atoms with Gasteiger partial charge in [-0.25, -0.2) is 0 Å². The van der Waals surface area contributed by atoms with Gasteiger partial charge in [0.15, 0.2) is 0 Å². The molecule has 0 aliphatic heterocycles. The number of nitrogens with one attached hydrogen (secondary N) is 1. The van der Waals surface area contributed by atoms with Crippen molar-refractivity contribution in [3.05, 3.63) is 46.4 Å². The molecule has 1 fully saturated rings. The number of thiophene rings is 1. The van der Waals surface area contributed by atoms with E-state index in [9.17, 15) is 9.59 Å². The highest BCUT2D eigenvalue weighted by Crippen LogP contribution is 2.24. The summed E-state index contributed by atoms with van der Waals surface area (Å²) in [5.74, 6) is -0.305. The van der Waals surface area contributed by atoms with Gasteiger partial charge in [0, 0.05) is 22.5 Å². The summed E-state index contributed by atoms with van der Waals surface area (Å²) in [4.78, 5) is 26.5. The van der Waals surface area contributed by atoms with Crippen LogP contribution in [0.25, 0.3) is 0 Å². The third kappa shape index (κ3) is 4.24. The molecular weight excluding hydrogens is 348 g/mol. The SMILES string of the molecule is C=CC(=O)N(Cc1cc(Cl)cs1)c1cnn(CC(=O)NC2CC2)c1. The quantitative estimate of drug-likeness (QED) is 0.768. The van der Waals surface area contributed by atoms with Crippen molar-refractivity contribution in [1.29, 1.82) is 0 Å². The molecule has 0 radical (unpaired) electrons. The molecule has 3 rings (SSSR count). The highest BCUT2D eigenvalue weighted by Gasteiger charge is 2.23. The highest BCUT2D eigenvalue weighted by molar-refractivity contribution is 7.10. The van der Waals surface area contributed by atoms with Crippen molar-refractivity contribution < 1.29 is 9.59 Å². The predicted molar refractivity (Wildman–Crippen MR) is 94.1 cm³/mol. The molecule has 0 bridgehead atoms. The van der Waals surface area contributed by atoms with Crippen LogP contribution in [0.4, 0.5) is 5.69 Å². The highest BCUT2D eigenvalue weighted by atomic mass is 35.5. The van der Waals surface area contributed by atoms with E-state index in [1.165, 1.54) is 22.1 Å². The number of anilines is 1. The predicted octanol–water partition coefficient (Wildman–Crippen LogP) is 2.60. The molecular formula is C16H17ClN4O2S. The first-order chi connectivity index (χ1) is 11.5. The van der Waals surface area contributed by atoms with Crippen molar-refractivity contribution in [2.45, 2.75) is 32.0 Å². The van der Waals surface area contributed by atoms with Crippen LogP contribution in [0.3, 0.4) is 0 Å². The zero-order valence-electron chi connectivity index (χ0n) is 12.9. The molecule has 2 aromatic rings. The summed E-state index contributed by atoms with van der Waals surface area (Å²) in [6, 6.07) is 2.14. The van der Waals surface area contributed by atoms with Gasteiger partial charge < -0.3 is 10.2 Å². The summed E-state index contributed by atoms with van der Waals surface area (Å²) in [5, 5.41) is 9.55. The van der Waals surface area contributed by atoms with E-state index in [0.717, 1.165) is 17.7 Å². The molecule has 6 nitrogen and oxygen atoms in total. The Kier molecular flexibility index (Phi) is 5.01. The Labute approximate surface area is 148 Å². The van der Waals surface area contributed by atoms with Gasteiger partial charge in [-0.1, -0.05) is 18.2 Å². The maximum atomic E-state index is 12.2. The number of nitrogens with zero attached hydrogens (tertiary/aromatic N) is 3. The number of carbonyl (C=O) groups is 2. The van der Waals surface area contributed by atoms with Crippen LogP contribution in [0, 0.1) is 0 Å². The maximum Gasteiger partial charge on any atom is 0.250 e. The van der Waals surface area contributed by atoms with Gasteiger partial charge in [0.1, 0.15) is 6.54 Å². The summed E-state index contributed by atoms with van der Waals surface area (Å²) in [6.07, 6.45) is 6.60. The number of halogens is 1. The first-order valence-corrected chi connectivity index (χ1v) is 8.79. The molecule has 24 heavy (non-hydrogen) atoms. The van der Waals surface area contributed by atoms with Crippen molar-refractivity contribution in [2.75, 3.05) is 4.90 Å². The first kappa shape index (κ1) is 16.7. The molecule has 0 unspecified atom stereocenters. The van der Waals surface area contributed by atoms with Crippen molar-refractivity contribution in [2.24, 2.45) is 0 Å². The summed E-state index contributed by atoms with van der Waals surface area (Å²) >= 11 is 7.42. The lowest BCUT2D eigenvalue weighted by atomic mass is 10.3. The van der Waals surface area contributed by atoms with Crippen LogP contribution in [0.5, 0.6) is 0 Å². The fourth-order valence-corrected chi connectivity index (χ4v) is 3.29. The standard InChI is InChI=1S/C16H17ClN4O2S/c1-2-16(23)21(8-14-5-11(17)10-24-14)13-6-18-20(7-13)9-15(22)19-12-3-4-12/h2,5-7,10,12H,1,3-4,8-9H2,(H,19,22). The lowest BCUT2D eigenvalue weighted by molar-refractivity contribution is -0.122. The van der Waals surface area contributed by atoms with Gasteiger partial charge in [0.05, 0.1) is 23.5 Å². The summed E-state index contributed by atoms with van der Waals surface area (Å²) < 4.78 is 1.53. The van der Waals surface area contributed by atoms with Crippen LogP contribution >= 0.6 is 22.9 Å². The van der Waals surface area contributed by atoms with E-state index in [-0.39, 0.29) is 18.4 Å². The number of aromatic nitrogens is 2. The molecule has 0 atom stereocenters. The number of amides is 2. The van der Waals surface area contributed by atoms with Gasteiger partial charge in [-0.2, -0.15) is 5.10 Å². The number of rotatable bonds is 7. The van der Waals surface area contributed by atoms with Crippen molar-refractivity contribution in [3.8, 4) is 0 Å². The Morgan fingerprint density at radius 3 is 2.96 bits per heavy atom. The number of hydrogen-bond acceptors (Lipinski definition) is 4. The van der Waals surface area contributed by atoms with E-state index in [0.29, 0.717) is 23.3 Å². The molecule has 1 saturated carbocycles. The third-order valence-electron chi connectivity index (χ3n) is 3.56. The largest absolute Gasteiger partial charge is 0.352 e. The molecule has 1 aliphatic rings. The summed E-state index contributed by atoms with van der Waals surface area (Å²) in [6.45, 7) is 4.06. The van der Waals surface area contributed by atoms with Crippen LogP contribution < -0.4 is 10.2 Å². The zero-order valence-corrected chi connectivity index (χ0v) is 14.5. The third-order valence-corrected chi connectivity index (χ3v) is 4.82. The Bertz CT molecular complexity index is 766. The van der Waals surface area contributed by atoms with Crippen molar-refractivity contribution in [1.82, 2.24) is 15.1 Å². The molecule has 0 aromatic carbocycles. The molecule has 2 amide bonds. The first-order valence-electron chi connectivity index (χ1n) is 7.54. The Morgan fingerprint density at radius 2 is 2.33 bits per heavy atom. The fraction of sp³-hybridized carbons (Fsp3) is 0.312. The molecule has 2 aromatic heterocycles. The van der Waals surface area contributed by atoms with Crippen LogP contribution in [-0.2, 0) is 22.7 Å². The molecule has 1 aliphatic carbocycles. The minimum atomic E-state index is -0.235. The summed E-state index contributed by atoms with van der Waals surface area (Å²) in [7, 11) is 0. The normalized spacial score (nSPS) is 13.5. The fourth-order valence-electron chi connectivity index (χ4n) is 2.23. The second-order valence-electron chi connectivity index (χ2n) is 5.60. The minimum Gasteiger partial charge on any atom is -0.352 e. The van der Waals surface area contributed by atoms with Gasteiger partial charge >= 0.3 is 0 Å². The van der Waals surface area contributed by atoms with E-state index in [1.807, 2.05) is 11.4 Å². The van der Waals surface area contributed by atoms with Crippen molar-refractivity contribution in [3.63, 3.8) is 0 Å². The Hall–Kier alpha value is -2.12. The topological polar surface area (TPSA) is 67.2 Å². The second-order valence-corrected chi connectivity index (χ2v) is 7.03. The van der Waals surface area contributed by atoms with Gasteiger partial charge in [-0.3, -0.25) is 14.3 Å². The molecule has 1 N–H and O–H groups in total. The van der Waals surface area contributed by atoms with E-state index < -0.39 is 0 Å². The lowest BCUT2D eigenvalue weighted by Crippen LogP contribution is -2.29. The van der Waals surface area contributed by atoms with Gasteiger partial charge in [0.25, 0.3) is 5.91 Å². The number of carbonyl (C=O) groups excluding carboxylic acids is 2. The van der Waals surface area contributed by atoms with Crippen LogP contribution in [0.15, 0.2) is 36.5 Å². The van der Waals surface area contributed by atoms with E-state index in [1.54, 1.807) is 17.3 Å². The van der Waals surface area contributed by atoms with Crippen LogP contribution in [-0.4, -0.2) is 27.6 Å². The van der Waals surface area contributed by atoms with Gasteiger partial charge in [0.2, 0.25) is 5.91 Å². The minimum absolute atomic E-state index is 0.0706. The maximum absolute atomic E-state index is 12.2. The van der Waals surface area contributed by atoms with E-state index in [2.05, 4.69) is 17.0 Å². The molecule has 126 valence electrons. The zero-order chi connectivity index (χ0) is 17.1. The Morgan fingerprint density at radius 1 is 1.54 bits per heavy atom.